The van der Waals surface area contributed by atoms with Gasteiger partial charge in [-0.25, -0.2) is 0 Å². The number of benzene rings is 2. The molecule has 1 heterocycles. The first-order chi connectivity index (χ1) is 12.6. The molecular weight excluding hydrogens is 318 g/mol. The summed E-state index contributed by atoms with van der Waals surface area (Å²) >= 11 is 0. The maximum Gasteiger partial charge on any atom is 0.148 e. The molecule has 3 rings (SSSR count). The minimum absolute atomic E-state index is 0.241. The van der Waals surface area contributed by atoms with Crippen LogP contribution >= 0.6 is 0 Å². The number of rotatable bonds is 4. The van der Waals surface area contributed by atoms with E-state index in [2.05, 4.69) is 47.9 Å². The van der Waals surface area contributed by atoms with Crippen LogP contribution in [0.15, 0.2) is 54.6 Å². The highest BCUT2D eigenvalue weighted by atomic mass is 16.3. The van der Waals surface area contributed by atoms with Crippen LogP contribution < -0.4 is 0 Å². The number of aliphatic hydroxyl groups is 1. The lowest BCUT2D eigenvalue weighted by Gasteiger charge is -2.31. The van der Waals surface area contributed by atoms with Gasteiger partial charge in [0, 0.05) is 0 Å². The zero-order valence-corrected chi connectivity index (χ0v) is 15.9. The van der Waals surface area contributed by atoms with E-state index in [4.69, 9.17) is 0 Å². The highest BCUT2D eigenvalue weighted by Gasteiger charge is 2.22. The lowest BCUT2D eigenvalue weighted by molar-refractivity contribution is 0.121. The van der Waals surface area contributed by atoms with Crippen molar-refractivity contribution in [3.05, 3.63) is 60.2 Å². The van der Waals surface area contributed by atoms with E-state index in [1.807, 2.05) is 30.3 Å². The van der Waals surface area contributed by atoms with Gasteiger partial charge < -0.3 is 5.11 Å². The Kier molecular flexibility index (Phi) is 6.14. The molecule has 0 aromatic heterocycles. The molecule has 0 spiro atoms. The van der Waals surface area contributed by atoms with Gasteiger partial charge in [0.05, 0.1) is 6.04 Å². The number of nitrogens with zero attached hydrogens (tertiary/aromatic N) is 1. The summed E-state index contributed by atoms with van der Waals surface area (Å²) in [6.07, 6.45) is 4.84. The fraction of sp³-hybridized carbons (Fsp3) is 0.417. The zero-order valence-electron chi connectivity index (χ0n) is 15.9. The van der Waals surface area contributed by atoms with Gasteiger partial charge in [-0.3, -0.25) is 4.90 Å². The van der Waals surface area contributed by atoms with Gasteiger partial charge in [0.2, 0.25) is 0 Å². The van der Waals surface area contributed by atoms with E-state index in [0.29, 0.717) is 0 Å². The Morgan fingerprint density at radius 2 is 1.58 bits per heavy atom. The van der Waals surface area contributed by atoms with E-state index < -0.39 is 5.60 Å². The molecule has 2 aromatic carbocycles. The summed E-state index contributed by atoms with van der Waals surface area (Å²) in [6.45, 7) is 6.22. The summed E-state index contributed by atoms with van der Waals surface area (Å²) < 4.78 is 0. The van der Waals surface area contributed by atoms with Crippen LogP contribution in [0.3, 0.4) is 0 Å². The van der Waals surface area contributed by atoms with Crippen LogP contribution in [0.1, 0.15) is 45.1 Å². The standard InChI is InChI=1S/C24H29NO/c1-3-23(25-18-8-5-9-19-25)16-17-24(2,26)22-14-12-21(13-15-22)20-10-6-4-7-11-20/h4,6-7,10-15,23,26H,3,5,8-9,18-19H2,1-2H3. The largest absolute Gasteiger partial charge is 0.374 e. The lowest BCUT2D eigenvalue weighted by atomic mass is 9.93. The lowest BCUT2D eigenvalue weighted by Crippen LogP contribution is -2.38. The van der Waals surface area contributed by atoms with E-state index in [0.717, 1.165) is 30.6 Å². The molecule has 1 N–H and O–H groups in total. The molecule has 2 nitrogen and oxygen atoms in total. The van der Waals surface area contributed by atoms with Crippen molar-refractivity contribution in [2.45, 2.75) is 51.2 Å². The molecule has 136 valence electrons. The Morgan fingerprint density at radius 1 is 0.962 bits per heavy atom. The van der Waals surface area contributed by atoms with Gasteiger partial charge in [0.1, 0.15) is 5.60 Å². The fourth-order valence-electron chi connectivity index (χ4n) is 3.60. The van der Waals surface area contributed by atoms with Crippen molar-refractivity contribution in [1.82, 2.24) is 4.90 Å². The topological polar surface area (TPSA) is 23.5 Å². The van der Waals surface area contributed by atoms with Crippen LogP contribution in [-0.2, 0) is 5.60 Å². The molecule has 0 bridgehead atoms. The number of piperidine rings is 1. The van der Waals surface area contributed by atoms with Crippen LogP contribution in [0.5, 0.6) is 0 Å². The van der Waals surface area contributed by atoms with Crippen molar-refractivity contribution < 1.29 is 5.11 Å². The molecule has 2 aromatic rings. The third-order valence-corrected chi connectivity index (χ3v) is 5.25. The van der Waals surface area contributed by atoms with E-state index in [1.165, 1.54) is 24.8 Å². The van der Waals surface area contributed by atoms with Crippen LogP contribution in [0.25, 0.3) is 11.1 Å². The number of hydrogen-bond donors (Lipinski definition) is 1. The van der Waals surface area contributed by atoms with Crippen molar-refractivity contribution in [2.75, 3.05) is 13.1 Å². The van der Waals surface area contributed by atoms with Crippen molar-refractivity contribution in [2.24, 2.45) is 0 Å². The monoisotopic (exact) mass is 347 g/mol. The first-order valence-corrected chi connectivity index (χ1v) is 9.75. The molecule has 1 aliphatic heterocycles. The second-order valence-electron chi connectivity index (χ2n) is 7.31. The molecule has 0 saturated carbocycles. The average Bonchev–Trinajstić information content (AvgIpc) is 2.70. The smallest absolute Gasteiger partial charge is 0.148 e. The maximum atomic E-state index is 10.9. The van der Waals surface area contributed by atoms with Crippen LogP contribution in [0, 0.1) is 11.8 Å². The van der Waals surface area contributed by atoms with E-state index >= 15 is 0 Å². The molecule has 0 radical (unpaired) electrons. The second-order valence-corrected chi connectivity index (χ2v) is 7.31. The Balaban J connectivity index is 1.75. The van der Waals surface area contributed by atoms with E-state index in [9.17, 15) is 5.11 Å². The Labute approximate surface area is 157 Å². The summed E-state index contributed by atoms with van der Waals surface area (Å²) in [7, 11) is 0. The molecule has 2 heteroatoms. The normalized spacial score (nSPS) is 18.4. The molecule has 2 unspecified atom stereocenters. The summed E-state index contributed by atoms with van der Waals surface area (Å²) in [6, 6.07) is 18.6. The third kappa shape index (κ3) is 4.55. The van der Waals surface area contributed by atoms with Crippen LogP contribution in [0.4, 0.5) is 0 Å². The molecular formula is C24H29NO. The van der Waals surface area contributed by atoms with Gasteiger partial charge in [-0.1, -0.05) is 79.8 Å². The van der Waals surface area contributed by atoms with Crippen LogP contribution in [-0.4, -0.2) is 29.1 Å². The van der Waals surface area contributed by atoms with Crippen molar-refractivity contribution in [3.63, 3.8) is 0 Å². The number of hydrogen-bond acceptors (Lipinski definition) is 2. The average molecular weight is 348 g/mol. The minimum Gasteiger partial charge on any atom is -0.374 e. The molecule has 2 atom stereocenters. The second kappa shape index (κ2) is 8.54. The molecule has 1 fully saturated rings. The van der Waals surface area contributed by atoms with Gasteiger partial charge in [-0.2, -0.15) is 0 Å². The summed E-state index contributed by atoms with van der Waals surface area (Å²) in [5.41, 5.74) is 2.05. The molecule has 0 amide bonds. The number of likely N-dealkylation sites (tertiary alicyclic amines) is 1. The summed E-state index contributed by atoms with van der Waals surface area (Å²) in [5.74, 6) is 6.50. The van der Waals surface area contributed by atoms with E-state index in [1.54, 1.807) is 6.92 Å². The van der Waals surface area contributed by atoms with Crippen molar-refractivity contribution in [1.29, 1.82) is 0 Å². The SMILES string of the molecule is CCC(C#CC(C)(O)c1ccc(-c2ccccc2)cc1)N1CCCCC1. The van der Waals surface area contributed by atoms with E-state index in [-0.39, 0.29) is 6.04 Å². The first-order valence-electron chi connectivity index (χ1n) is 9.75. The summed E-state index contributed by atoms with van der Waals surface area (Å²) in [4.78, 5) is 2.46. The highest BCUT2D eigenvalue weighted by Crippen LogP contribution is 2.25. The molecule has 1 saturated heterocycles. The predicted molar refractivity (Wildman–Crippen MR) is 109 cm³/mol. The Bertz CT molecular complexity index is 746. The molecule has 0 aliphatic carbocycles. The van der Waals surface area contributed by atoms with Crippen molar-refractivity contribution >= 4 is 0 Å². The maximum absolute atomic E-state index is 10.9. The Morgan fingerprint density at radius 3 is 2.19 bits per heavy atom. The molecule has 1 aliphatic rings. The Hall–Kier alpha value is -2.08. The zero-order chi connectivity index (χ0) is 18.4. The van der Waals surface area contributed by atoms with Crippen LogP contribution in [0.2, 0.25) is 0 Å². The fourth-order valence-corrected chi connectivity index (χ4v) is 3.60. The minimum atomic E-state index is -1.13. The summed E-state index contributed by atoms with van der Waals surface area (Å²) in [5, 5.41) is 10.9. The van der Waals surface area contributed by atoms with Gasteiger partial charge in [-0.05, 0) is 56.0 Å². The third-order valence-electron chi connectivity index (χ3n) is 5.25. The van der Waals surface area contributed by atoms with Gasteiger partial charge in [0.15, 0.2) is 0 Å². The van der Waals surface area contributed by atoms with Gasteiger partial charge in [-0.15, -0.1) is 0 Å². The molecule has 26 heavy (non-hydrogen) atoms. The van der Waals surface area contributed by atoms with Crippen molar-refractivity contribution in [3.8, 4) is 23.0 Å². The highest BCUT2D eigenvalue weighted by molar-refractivity contribution is 5.63. The predicted octanol–water partition coefficient (Wildman–Crippen LogP) is 4.83. The quantitative estimate of drug-likeness (QED) is 0.801. The first kappa shape index (κ1) is 18.7. The van der Waals surface area contributed by atoms with Gasteiger partial charge in [0.25, 0.3) is 0 Å². The van der Waals surface area contributed by atoms with Gasteiger partial charge >= 0.3 is 0 Å².